The Kier molecular flexibility index (Phi) is 8.08. The number of anilines is 1. The number of hydrogen-bond acceptors (Lipinski definition) is 7. The maximum absolute atomic E-state index is 15.1. The Hall–Kier alpha value is -2.57. The molecule has 3 aliphatic rings. The number of amides is 1. The third-order valence-corrected chi connectivity index (χ3v) is 9.72. The van der Waals surface area contributed by atoms with Crippen LogP contribution in [0.15, 0.2) is 35.0 Å². The van der Waals surface area contributed by atoms with Crippen LogP contribution < -0.4 is 10.2 Å². The monoisotopic (exact) mass is 622 g/mol. The molecule has 2 bridgehead atoms. The van der Waals surface area contributed by atoms with Gasteiger partial charge in [0.1, 0.15) is 16.8 Å². The number of benzene rings is 1. The van der Waals surface area contributed by atoms with Crippen LogP contribution in [0.25, 0.3) is 11.3 Å². The van der Waals surface area contributed by atoms with Crippen LogP contribution >= 0.6 is 23.2 Å². The molecule has 9 nitrogen and oxygen atoms in total. The summed E-state index contributed by atoms with van der Waals surface area (Å²) in [6, 6.07) is 6.51. The number of pyridine rings is 1. The van der Waals surface area contributed by atoms with Gasteiger partial charge >= 0.3 is 0 Å². The standard InChI is InChI=1S/C28H29Cl2FN4O5S/c1-2-23(41(37)38)33-28(36)15-9-21(31)27(32-11-15)35-12-16-8-17(35)10-22(16)39-13-18-25(34-40-26(18)14-6-7-14)24-19(29)4-3-5-20(24)30/h3-5,9,11,14,16-17,22-23H,2,6-8,10,12-13H2,1H3,(H,33,36)(H,37,38)/t16-,17-,22+,23?/m0/s1. The number of rotatable bonds is 10. The molecule has 0 radical (unpaired) electrons. The number of ether oxygens (including phenoxy) is 1. The number of nitrogens with one attached hydrogen (secondary N) is 1. The summed E-state index contributed by atoms with van der Waals surface area (Å²) in [6.45, 7) is 2.56. The molecule has 5 atom stereocenters. The Bertz CT molecular complexity index is 1480. The lowest BCUT2D eigenvalue weighted by Crippen LogP contribution is -2.40. The largest absolute Gasteiger partial charge is 0.373 e. The third kappa shape index (κ3) is 5.62. The summed E-state index contributed by atoms with van der Waals surface area (Å²) < 4.78 is 47.9. The fourth-order valence-corrected chi connectivity index (χ4v) is 6.97. The number of carbonyl (C=O) groups excluding carboxylic acids is 1. The van der Waals surface area contributed by atoms with E-state index in [2.05, 4.69) is 15.5 Å². The first-order valence-corrected chi connectivity index (χ1v) is 15.5. The van der Waals surface area contributed by atoms with E-state index in [1.807, 2.05) is 4.90 Å². The van der Waals surface area contributed by atoms with Gasteiger partial charge in [0.15, 0.2) is 22.7 Å². The molecule has 1 aliphatic heterocycles. The number of aromatic nitrogens is 2. The topological polar surface area (TPSA) is 118 Å². The number of hydrogen-bond donors (Lipinski definition) is 2. The van der Waals surface area contributed by atoms with Crippen molar-refractivity contribution < 1.29 is 27.2 Å². The quantitative estimate of drug-likeness (QED) is 0.267. The second-order valence-corrected chi connectivity index (χ2v) is 12.7. The third-order valence-electron chi connectivity index (χ3n) is 8.15. The molecule has 1 saturated heterocycles. The summed E-state index contributed by atoms with van der Waals surface area (Å²) >= 11 is 10.7. The molecule has 0 spiro atoms. The Morgan fingerprint density at radius 2 is 2.07 bits per heavy atom. The molecule has 3 aromatic rings. The van der Waals surface area contributed by atoms with E-state index in [-0.39, 0.29) is 35.9 Å². The van der Waals surface area contributed by atoms with Crippen molar-refractivity contribution in [3.63, 3.8) is 0 Å². The molecule has 6 rings (SSSR count). The highest BCUT2D eigenvalue weighted by atomic mass is 35.5. The lowest BCUT2D eigenvalue weighted by molar-refractivity contribution is 0.0121. The highest BCUT2D eigenvalue weighted by Crippen LogP contribution is 2.47. The average Bonchev–Trinajstić information content (AvgIpc) is 3.40. The van der Waals surface area contributed by atoms with E-state index in [9.17, 15) is 13.6 Å². The van der Waals surface area contributed by atoms with Crippen molar-refractivity contribution in [2.24, 2.45) is 5.92 Å². The molecule has 41 heavy (non-hydrogen) atoms. The molecule has 3 heterocycles. The number of piperidine rings is 1. The van der Waals surface area contributed by atoms with Gasteiger partial charge in [0.2, 0.25) is 0 Å². The lowest BCUT2D eigenvalue weighted by atomic mass is 10.0. The van der Waals surface area contributed by atoms with Crippen molar-refractivity contribution >= 4 is 46.0 Å². The maximum atomic E-state index is 15.1. The van der Waals surface area contributed by atoms with Gasteiger partial charge in [-0.25, -0.2) is 13.6 Å². The van der Waals surface area contributed by atoms with E-state index in [4.69, 9.17) is 32.5 Å². The summed E-state index contributed by atoms with van der Waals surface area (Å²) in [5.74, 6) is 0.267. The number of fused-ring (bicyclic) bond motifs is 2. The van der Waals surface area contributed by atoms with Crippen molar-refractivity contribution in [2.75, 3.05) is 11.4 Å². The second-order valence-electron chi connectivity index (χ2n) is 10.8. The second kappa shape index (κ2) is 11.6. The Morgan fingerprint density at radius 1 is 1.32 bits per heavy atom. The molecule has 13 heteroatoms. The van der Waals surface area contributed by atoms with Crippen LogP contribution in [0.3, 0.4) is 0 Å². The zero-order valence-electron chi connectivity index (χ0n) is 22.2. The summed E-state index contributed by atoms with van der Waals surface area (Å²) in [6.07, 6.45) is 5.17. The molecule has 2 aliphatic carbocycles. The van der Waals surface area contributed by atoms with Crippen LogP contribution in [0.2, 0.25) is 10.0 Å². The minimum atomic E-state index is -2.23. The minimum absolute atomic E-state index is 0.00432. The summed E-state index contributed by atoms with van der Waals surface area (Å²) in [4.78, 5) is 18.6. The Balaban J connectivity index is 1.13. The van der Waals surface area contributed by atoms with Gasteiger partial charge in [-0.3, -0.25) is 4.79 Å². The van der Waals surface area contributed by atoms with Gasteiger partial charge in [-0.05, 0) is 50.3 Å². The van der Waals surface area contributed by atoms with Gasteiger partial charge in [-0.2, -0.15) is 0 Å². The number of nitrogens with zero attached hydrogens (tertiary/aromatic N) is 3. The predicted octanol–water partition coefficient (Wildman–Crippen LogP) is 5.93. The van der Waals surface area contributed by atoms with E-state index in [0.717, 1.165) is 36.7 Å². The molecule has 3 fully saturated rings. The van der Waals surface area contributed by atoms with Crippen LogP contribution in [-0.2, 0) is 22.4 Å². The van der Waals surface area contributed by atoms with Gasteiger partial charge in [0.25, 0.3) is 5.91 Å². The summed E-state index contributed by atoms with van der Waals surface area (Å²) in [7, 11) is 0. The van der Waals surface area contributed by atoms with Crippen LogP contribution in [0.1, 0.15) is 66.6 Å². The average molecular weight is 624 g/mol. The van der Waals surface area contributed by atoms with Crippen LogP contribution in [0.5, 0.6) is 0 Å². The smallest absolute Gasteiger partial charge is 0.253 e. The molecule has 218 valence electrons. The highest BCUT2D eigenvalue weighted by Gasteiger charge is 2.47. The van der Waals surface area contributed by atoms with Gasteiger partial charge in [0, 0.05) is 41.7 Å². The highest BCUT2D eigenvalue weighted by molar-refractivity contribution is 7.79. The van der Waals surface area contributed by atoms with Crippen molar-refractivity contribution in [3.8, 4) is 11.3 Å². The Labute approximate surface area is 249 Å². The van der Waals surface area contributed by atoms with Crippen molar-refractivity contribution in [2.45, 2.75) is 69.1 Å². The van der Waals surface area contributed by atoms with Crippen molar-refractivity contribution in [3.05, 3.63) is 63.2 Å². The van der Waals surface area contributed by atoms with E-state index in [1.165, 1.54) is 6.20 Å². The molecule has 1 amide bonds. The van der Waals surface area contributed by atoms with Gasteiger partial charge in [-0.1, -0.05) is 41.3 Å². The van der Waals surface area contributed by atoms with E-state index >= 15 is 4.39 Å². The van der Waals surface area contributed by atoms with E-state index < -0.39 is 28.2 Å². The van der Waals surface area contributed by atoms with Crippen molar-refractivity contribution in [1.29, 1.82) is 0 Å². The number of carbonyl (C=O) groups is 1. The minimum Gasteiger partial charge on any atom is -0.373 e. The fraction of sp³-hybridized carbons (Fsp3) is 0.464. The first-order chi connectivity index (χ1) is 19.7. The number of halogens is 3. The van der Waals surface area contributed by atoms with E-state index in [0.29, 0.717) is 46.8 Å². The molecule has 2 saturated carbocycles. The summed E-state index contributed by atoms with van der Waals surface area (Å²) in [5.41, 5.74) is 2.12. The van der Waals surface area contributed by atoms with Gasteiger partial charge in [-0.15, -0.1) is 0 Å². The zero-order chi connectivity index (χ0) is 28.8. The zero-order valence-corrected chi connectivity index (χ0v) is 24.5. The first kappa shape index (κ1) is 28.5. The fourth-order valence-electron chi connectivity index (χ4n) is 5.90. The van der Waals surface area contributed by atoms with Crippen LogP contribution in [-0.4, -0.2) is 48.9 Å². The molecular formula is C28H29Cl2FN4O5S. The van der Waals surface area contributed by atoms with Crippen LogP contribution in [0.4, 0.5) is 10.2 Å². The predicted molar refractivity (Wildman–Crippen MR) is 153 cm³/mol. The van der Waals surface area contributed by atoms with Gasteiger partial charge in [0.05, 0.1) is 28.3 Å². The van der Waals surface area contributed by atoms with Crippen molar-refractivity contribution in [1.82, 2.24) is 15.5 Å². The molecular weight excluding hydrogens is 594 g/mol. The van der Waals surface area contributed by atoms with E-state index in [1.54, 1.807) is 25.1 Å². The molecule has 1 aromatic carbocycles. The lowest BCUT2D eigenvalue weighted by Gasteiger charge is -2.32. The molecule has 2 N–H and O–H groups in total. The Morgan fingerprint density at radius 3 is 2.68 bits per heavy atom. The maximum Gasteiger partial charge on any atom is 0.253 e. The van der Waals surface area contributed by atoms with Crippen LogP contribution in [0, 0.1) is 11.7 Å². The molecule has 2 aromatic heterocycles. The normalized spacial score (nSPS) is 23.1. The molecule has 2 unspecified atom stereocenters. The first-order valence-electron chi connectivity index (χ1n) is 13.6. The van der Waals surface area contributed by atoms with Gasteiger partial charge < -0.3 is 24.0 Å². The SMILES string of the molecule is CCC(NC(=O)c1cnc(N2C[C@@H]3C[C@H]2C[C@H]3OCc2c(-c3c(Cl)cccc3Cl)noc2C2CC2)c(F)c1)S(=O)O. The summed E-state index contributed by atoms with van der Waals surface area (Å²) in [5, 5.41) is 6.83.